The zero-order chi connectivity index (χ0) is 11.0. The van der Waals surface area contributed by atoms with Gasteiger partial charge < -0.3 is 4.74 Å². The third-order valence-corrected chi connectivity index (χ3v) is 2.75. The standard InChI is InChI=1S/C12H15N2O/c1-8-6-5-7-10-11(8)13-14(3)9(2)12(10)15-4/h5-7H,1-4H3/q+1. The molecule has 0 unspecified atom stereocenters. The van der Waals surface area contributed by atoms with Crippen molar-refractivity contribution in [2.45, 2.75) is 13.8 Å². The maximum atomic E-state index is 5.43. The summed E-state index contributed by atoms with van der Waals surface area (Å²) in [7, 11) is 3.63. The van der Waals surface area contributed by atoms with Crippen LogP contribution in [0.4, 0.5) is 0 Å². The lowest BCUT2D eigenvalue weighted by Crippen LogP contribution is -2.37. The first-order valence-electron chi connectivity index (χ1n) is 4.95. The van der Waals surface area contributed by atoms with E-state index in [1.807, 2.05) is 30.8 Å². The number of hydrogen-bond acceptors (Lipinski definition) is 2. The summed E-state index contributed by atoms with van der Waals surface area (Å²) < 4.78 is 7.29. The second kappa shape index (κ2) is 3.50. The Morgan fingerprint density at radius 2 is 2.00 bits per heavy atom. The number of ether oxygens (including phenoxy) is 1. The Hall–Kier alpha value is -1.64. The highest BCUT2D eigenvalue weighted by molar-refractivity contribution is 5.86. The lowest BCUT2D eigenvalue weighted by Gasteiger charge is -2.06. The number of methoxy groups -OCH3 is 1. The topological polar surface area (TPSA) is 26.0 Å². The van der Waals surface area contributed by atoms with E-state index < -0.39 is 0 Å². The lowest BCUT2D eigenvalue weighted by atomic mass is 10.1. The number of aromatic nitrogens is 2. The van der Waals surface area contributed by atoms with Crippen molar-refractivity contribution in [3.8, 4) is 5.75 Å². The fourth-order valence-electron chi connectivity index (χ4n) is 1.80. The molecule has 3 nitrogen and oxygen atoms in total. The van der Waals surface area contributed by atoms with E-state index in [2.05, 4.69) is 18.1 Å². The molecule has 0 saturated heterocycles. The van der Waals surface area contributed by atoms with Crippen LogP contribution in [-0.2, 0) is 7.05 Å². The van der Waals surface area contributed by atoms with Crippen molar-refractivity contribution in [2.75, 3.05) is 7.11 Å². The molecule has 1 aromatic carbocycles. The Morgan fingerprint density at radius 3 is 2.67 bits per heavy atom. The first kappa shape index (κ1) is 9.90. The minimum Gasteiger partial charge on any atom is -0.490 e. The molecule has 0 N–H and O–H groups in total. The van der Waals surface area contributed by atoms with Crippen LogP contribution in [-0.4, -0.2) is 12.2 Å². The van der Waals surface area contributed by atoms with Crippen molar-refractivity contribution in [2.24, 2.45) is 7.05 Å². The molecule has 15 heavy (non-hydrogen) atoms. The number of benzene rings is 1. The van der Waals surface area contributed by atoms with Gasteiger partial charge in [0.25, 0.3) is 0 Å². The van der Waals surface area contributed by atoms with Gasteiger partial charge in [0.15, 0.2) is 12.8 Å². The van der Waals surface area contributed by atoms with Crippen LogP contribution in [0.2, 0.25) is 0 Å². The van der Waals surface area contributed by atoms with E-state index in [0.29, 0.717) is 0 Å². The van der Waals surface area contributed by atoms with Gasteiger partial charge in [0, 0.05) is 12.0 Å². The summed E-state index contributed by atoms with van der Waals surface area (Å²) in [5.74, 6) is 0.909. The number of nitrogens with zero attached hydrogens (tertiary/aromatic N) is 2. The monoisotopic (exact) mass is 203 g/mol. The van der Waals surface area contributed by atoms with Crippen LogP contribution >= 0.6 is 0 Å². The van der Waals surface area contributed by atoms with Crippen LogP contribution in [0.25, 0.3) is 10.9 Å². The molecule has 2 aromatic rings. The summed E-state index contributed by atoms with van der Waals surface area (Å²) in [6.45, 7) is 4.07. The lowest BCUT2D eigenvalue weighted by molar-refractivity contribution is -0.734. The molecule has 2 rings (SSSR count). The largest absolute Gasteiger partial charge is 0.490 e. The Kier molecular flexibility index (Phi) is 2.31. The molecule has 0 aliphatic rings. The van der Waals surface area contributed by atoms with Gasteiger partial charge in [-0.15, -0.1) is 0 Å². The summed E-state index contributed by atoms with van der Waals surface area (Å²) >= 11 is 0. The normalized spacial score (nSPS) is 10.7. The first-order valence-corrected chi connectivity index (χ1v) is 4.95. The van der Waals surface area contributed by atoms with Gasteiger partial charge in [0.1, 0.15) is 5.52 Å². The molecular formula is C12H15N2O+. The Labute approximate surface area is 89.3 Å². The Bertz CT molecular complexity index is 521. The van der Waals surface area contributed by atoms with E-state index >= 15 is 0 Å². The maximum absolute atomic E-state index is 5.43. The van der Waals surface area contributed by atoms with Crippen molar-refractivity contribution < 1.29 is 9.42 Å². The second-order valence-electron chi connectivity index (χ2n) is 3.71. The number of fused-ring (bicyclic) bond motifs is 1. The Balaban J connectivity index is 2.94. The predicted molar refractivity (Wildman–Crippen MR) is 58.9 cm³/mol. The molecular weight excluding hydrogens is 188 g/mol. The van der Waals surface area contributed by atoms with Crippen molar-refractivity contribution in [3.05, 3.63) is 29.5 Å². The van der Waals surface area contributed by atoms with Crippen molar-refractivity contribution in [1.82, 2.24) is 5.10 Å². The summed E-state index contributed by atoms with van der Waals surface area (Å²) in [5.41, 5.74) is 3.21. The highest BCUT2D eigenvalue weighted by Gasteiger charge is 2.16. The maximum Gasteiger partial charge on any atom is 0.247 e. The number of aryl methyl sites for hydroxylation is 2. The third-order valence-electron chi connectivity index (χ3n) is 2.75. The van der Waals surface area contributed by atoms with E-state index in [1.165, 1.54) is 5.56 Å². The average molecular weight is 203 g/mol. The molecule has 78 valence electrons. The SMILES string of the molecule is COc1c(C)[n+](C)nc2c(C)cccc12. The van der Waals surface area contributed by atoms with Crippen LogP contribution in [0.1, 0.15) is 11.3 Å². The van der Waals surface area contributed by atoms with Crippen molar-refractivity contribution >= 4 is 10.9 Å². The predicted octanol–water partition coefficient (Wildman–Crippen LogP) is 1.68. The molecule has 0 amide bonds. The van der Waals surface area contributed by atoms with Gasteiger partial charge in [-0.2, -0.15) is 0 Å². The van der Waals surface area contributed by atoms with Gasteiger partial charge in [-0.05, 0) is 18.6 Å². The summed E-state index contributed by atoms with van der Waals surface area (Å²) in [4.78, 5) is 0. The molecule has 3 heteroatoms. The minimum atomic E-state index is 0.909. The van der Waals surface area contributed by atoms with Crippen molar-refractivity contribution in [1.29, 1.82) is 0 Å². The molecule has 1 heterocycles. The molecule has 0 aliphatic heterocycles. The zero-order valence-electron chi connectivity index (χ0n) is 9.53. The minimum absolute atomic E-state index is 0.909. The summed E-state index contributed by atoms with van der Waals surface area (Å²) in [5, 5.41) is 5.60. The van der Waals surface area contributed by atoms with E-state index in [9.17, 15) is 0 Å². The fraction of sp³-hybridized carbons (Fsp3) is 0.333. The van der Waals surface area contributed by atoms with Gasteiger partial charge in [0.2, 0.25) is 5.69 Å². The molecule has 0 radical (unpaired) electrons. The van der Waals surface area contributed by atoms with Gasteiger partial charge in [0.05, 0.1) is 12.5 Å². The third kappa shape index (κ3) is 1.44. The van der Waals surface area contributed by atoms with Crippen LogP contribution in [0.3, 0.4) is 0 Å². The second-order valence-corrected chi connectivity index (χ2v) is 3.71. The molecule has 0 atom stereocenters. The Morgan fingerprint density at radius 1 is 1.27 bits per heavy atom. The highest BCUT2D eigenvalue weighted by Crippen LogP contribution is 2.26. The van der Waals surface area contributed by atoms with E-state index in [0.717, 1.165) is 22.3 Å². The van der Waals surface area contributed by atoms with E-state index in [1.54, 1.807) is 7.11 Å². The first-order chi connectivity index (χ1) is 7.15. The molecule has 1 aromatic heterocycles. The van der Waals surface area contributed by atoms with Crippen molar-refractivity contribution in [3.63, 3.8) is 0 Å². The van der Waals surface area contributed by atoms with Crippen LogP contribution in [0.5, 0.6) is 5.75 Å². The van der Waals surface area contributed by atoms with Crippen LogP contribution < -0.4 is 9.42 Å². The smallest absolute Gasteiger partial charge is 0.247 e. The molecule has 0 aliphatic carbocycles. The molecule has 0 saturated carbocycles. The van der Waals surface area contributed by atoms with Gasteiger partial charge in [-0.25, -0.2) is 0 Å². The van der Waals surface area contributed by atoms with E-state index in [-0.39, 0.29) is 0 Å². The van der Waals surface area contributed by atoms with Gasteiger partial charge in [-0.3, -0.25) is 0 Å². The quantitative estimate of drug-likeness (QED) is 0.659. The van der Waals surface area contributed by atoms with Gasteiger partial charge in [-0.1, -0.05) is 16.8 Å². The number of rotatable bonds is 1. The zero-order valence-corrected chi connectivity index (χ0v) is 9.53. The highest BCUT2D eigenvalue weighted by atomic mass is 16.5. The van der Waals surface area contributed by atoms with Crippen LogP contribution in [0, 0.1) is 13.8 Å². The fourth-order valence-corrected chi connectivity index (χ4v) is 1.80. The number of hydrogen-bond donors (Lipinski definition) is 0. The molecule has 0 bridgehead atoms. The van der Waals surface area contributed by atoms with Gasteiger partial charge >= 0.3 is 0 Å². The molecule has 0 spiro atoms. The summed E-state index contributed by atoms with van der Waals surface area (Å²) in [6, 6.07) is 6.13. The van der Waals surface area contributed by atoms with Crippen LogP contribution in [0.15, 0.2) is 18.2 Å². The summed E-state index contributed by atoms with van der Waals surface area (Å²) in [6.07, 6.45) is 0. The van der Waals surface area contributed by atoms with E-state index in [4.69, 9.17) is 4.74 Å². The molecule has 0 fully saturated rings. The average Bonchev–Trinajstić information content (AvgIpc) is 2.22.